The summed E-state index contributed by atoms with van der Waals surface area (Å²) in [7, 11) is 0. The molecule has 0 atom stereocenters. The summed E-state index contributed by atoms with van der Waals surface area (Å²) in [5, 5.41) is 0. The van der Waals surface area contributed by atoms with Crippen molar-refractivity contribution in [1.29, 1.82) is 0 Å². The number of allylic oxidation sites excluding steroid dienone is 1. The van der Waals surface area contributed by atoms with E-state index in [0.717, 1.165) is 5.92 Å². The number of hydrogen-bond acceptors (Lipinski definition) is 1. The first-order chi connectivity index (χ1) is 5.79. The average Bonchev–Trinajstić information content (AvgIpc) is 2.49. The zero-order chi connectivity index (χ0) is 8.81. The number of nitrogens with zero attached hydrogens (tertiary/aromatic N) is 1. The van der Waals surface area contributed by atoms with E-state index in [1.807, 2.05) is 0 Å². The van der Waals surface area contributed by atoms with E-state index in [4.69, 9.17) is 0 Å². The Morgan fingerprint density at radius 1 is 1.17 bits per heavy atom. The van der Waals surface area contributed by atoms with Crippen LogP contribution in [-0.2, 0) is 0 Å². The molecule has 0 unspecified atom stereocenters. The molecule has 0 bridgehead atoms. The lowest BCUT2D eigenvalue weighted by atomic mass is 10.1. The smallest absolute Gasteiger partial charge is 0.0163 e. The Balaban J connectivity index is 2.03. The lowest BCUT2D eigenvalue weighted by molar-refractivity contribution is 0.377. The van der Waals surface area contributed by atoms with Gasteiger partial charge >= 0.3 is 0 Å². The molecule has 0 aliphatic carbocycles. The molecule has 1 rings (SSSR count). The van der Waals surface area contributed by atoms with E-state index >= 15 is 0 Å². The Kier molecular flexibility index (Phi) is 4.37. The Bertz CT molecular complexity index is 132. The zero-order valence-electron chi connectivity index (χ0n) is 8.42. The van der Waals surface area contributed by atoms with Crippen molar-refractivity contribution in [2.75, 3.05) is 19.6 Å². The monoisotopic (exact) mass is 167 g/mol. The predicted molar refractivity (Wildman–Crippen MR) is 54.3 cm³/mol. The highest BCUT2D eigenvalue weighted by Gasteiger charge is 2.08. The minimum absolute atomic E-state index is 0.805. The van der Waals surface area contributed by atoms with Crippen molar-refractivity contribution >= 4 is 0 Å². The fraction of sp³-hybridized carbons (Fsp3) is 0.818. The molecule has 1 nitrogen and oxygen atoms in total. The Morgan fingerprint density at radius 3 is 2.42 bits per heavy atom. The van der Waals surface area contributed by atoms with Crippen LogP contribution >= 0.6 is 0 Å². The first kappa shape index (κ1) is 9.79. The van der Waals surface area contributed by atoms with Gasteiger partial charge in [0.2, 0.25) is 0 Å². The van der Waals surface area contributed by atoms with Crippen molar-refractivity contribution in [1.82, 2.24) is 4.90 Å². The van der Waals surface area contributed by atoms with Crippen LogP contribution in [-0.4, -0.2) is 24.5 Å². The SMILES string of the molecule is CC(C)C/C=C/CN1CCCC1. The first-order valence-electron chi connectivity index (χ1n) is 5.16. The Labute approximate surface area is 76.5 Å². The second-order valence-electron chi connectivity index (χ2n) is 4.11. The standard InChI is InChI=1S/C11H21N/c1-11(2)7-3-4-8-12-9-5-6-10-12/h3-4,11H,5-10H2,1-2H3/b4-3+. The molecule has 0 aromatic rings. The van der Waals surface area contributed by atoms with Crippen LogP contribution in [0.1, 0.15) is 33.1 Å². The van der Waals surface area contributed by atoms with Crippen LogP contribution in [0.2, 0.25) is 0 Å². The highest BCUT2D eigenvalue weighted by atomic mass is 15.1. The van der Waals surface area contributed by atoms with Crippen LogP contribution in [0.4, 0.5) is 0 Å². The quantitative estimate of drug-likeness (QED) is 0.582. The van der Waals surface area contributed by atoms with Gasteiger partial charge in [-0.2, -0.15) is 0 Å². The molecule has 1 heteroatoms. The summed E-state index contributed by atoms with van der Waals surface area (Å²) in [5.41, 5.74) is 0. The van der Waals surface area contributed by atoms with Crippen LogP contribution in [0, 0.1) is 5.92 Å². The van der Waals surface area contributed by atoms with E-state index in [2.05, 4.69) is 30.9 Å². The molecule has 0 N–H and O–H groups in total. The minimum atomic E-state index is 0.805. The number of rotatable bonds is 4. The van der Waals surface area contributed by atoms with Gasteiger partial charge < -0.3 is 0 Å². The molecule has 70 valence electrons. The summed E-state index contributed by atoms with van der Waals surface area (Å²) in [6, 6.07) is 0. The maximum Gasteiger partial charge on any atom is 0.0163 e. The second kappa shape index (κ2) is 5.36. The lowest BCUT2D eigenvalue weighted by Gasteiger charge is -2.10. The van der Waals surface area contributed by atoms with Crippen molar-refractivity contribution < 1.29 is 0 Å². The summed E-state index contributed by atoms with van der Waals surface area (Å²) in [6.45, 7) is 8.32. The second-order valence-corrected chi connectivity index (χ2v) is 4.11. The normalized spacial score (nSPS) is 19.9. The van der Waals surface area contributed by atoms with Gasteiger partial charge in [-0.1, -0.05) is 26.0 Å². The van der Waals surface area contributed by atoms with Gasteiger partial charge in [-0.25, -0.2) is 0 Å². The van der Waals surface area contributed by atoms with E-state index in [1.54, 1.807) is 0 Å². The van der Waals surface area contributed by atoms with Crippen molar-refractivity contribution in [3.63, 3.8) is 0 Å². The minimum Gasteiger partial charge on any atom is -0.300 e. The molecule has 0 aromatic heterocycles. The fourth-order valence-electron chi connectivity index (χ4n) is 1.56. The van der Waals surface area contributed by atoms with E-state index < -0.39 is 0 Å². The third-order valence-electron chi connectivity index (χ3n) is 2.34. The van der Waals surface area contributed by atoms with Crippen molar-refractivity contribution in [2.45, 2.75) is 33.1 Å². The highest BCUT2D eigenvalue weighted by Crippen LogP contribution is 2.07. The summed E-state index contributed by atoms with van der Waals surface area (Å²) < 4.78 is 0. The molecule has 1 fully saturated rings. The highest BCUT2D eigenvalue weighted by molar-refractivity contribution is 4.86. The van der Waals surface area contributed by atoms with Crippen molar-refractivity contribution in [3.8, 4) is 0 Å². The molecule has 0 saturated carbocycles. The van der Waals surface area contributed by atoms with Crippen LogP contribution in [0.3, 0.4) is 0 Å². The predicted octanol–water partition coefficient (Wildman–Crippen LogP) is 2.68. The summed E-state index contributed by atoms with van der Waals surface area (Å²) >= 11 is 0. The van der Waals surface area contributed by atoms with E-state index in [9.17, 15) is 0 Å². The maximum atomic E-state index is 2.52. The molecule has 0 spiro atoms. The van der Waals surface area contributed by atoms with Gasteiger partial charge in [0.15, 0.2) is 0 Å². The molecule has 1 heterocycles. The molecule has 0 aromatic carbocycles. The Hall–Kier alpha value is -0.300. The molecule has 0 radical (unpaired) electrons. The van der Waals surface area contributed by atoms with Crippen LogP contribution in [0.25, 0.3) is 0 Å². The van der Waals surface area contributed by atoms with Gasteiger partial charge in [0.25, 0.3) is 0 Å². The van der Waals surface area contributed by atoms with Crippen LogP contribution in [0.15, 0.2) is 12.2 Å². The van der Waals surface area contributed by atoms with Crippen LogP contribution < -0.4 is 0 Å². The molecule has 1 saturated heterocycles. The van der Waals surface area contributed by atoms with Crippen molar-refractivity contribution in [2.24, 2.45) is 5.92 Å². The molecular weight excluding hydrogens is 146 g/mol. The van der Waals surface area contributed by atoms with Gasteiger partial charge in [-0.15, -0.1) is 0 Å². The molecule has 1 aliphatic rings. The topological polar surface area (TPSA) is 3.24 Å². The third-order valence-corrected chi connectivity index (χ3v) is 2.34. The fourth-order valence-corrected chi connectivity index (χ4v) is 1.56. The molecular formula is C11H21N. The average molecular weight is 167 g/mol. The van der Waals surface area contributed by atoms with Gasteiger partial charge in [-0.05, 0) is 38.3 Å². The van der Waals surface area contributed by atoms with E-state index in [0.29, 0.717) is 0 Å². The van der Waals surface area contributed by atoms with E-state index in [-0.39, 0.29) is 0 Å². The van der Waals surface area contributed by atoms with Gasteiger partial charge in [0, 0.05) is 6.54 Å². The Morgan fingerprint density at radius 2 is 1.83 bits per heavy atom. The third kappa shape index (κ3) is 3.91. The van der Waals surface area contributed by atoms with Gasteiger partial charge in [0.05, 0.1) is 0 Å². The van der Waals surface area contributed by atoms with E-state index in [1.165, 1.54) is 38.9 Å². The lowest BCUT2D eigenvalue weighted by Crippen LogP contribution is -2.18. The van der Waals surface area contributed by atoms with Gasteiger partial charge in [0.1, 0.15) is 0 Å². The zero-order valence-corrected chi connectivity index (χ0v) is 8.42. The summed E-state index contributed by atoms with van der Waals surface area (Å²) in [4.78, 5) is 2.52. The molecule has 12 heavy (non-hydrogen) atoms. The maximum absolute atomic E-state index is 2.52. The summed E-state index contributed by atoms with van der Waals surface area (Å²) in [6.07, 6.45) is 8.68. The number of likely N-dealkylation sites (tertiary alicyclic amines) is 1. The molecule has 0 amide bonds. The summed E-state index contributed by atoms with van der Waals surface area (Å²) in [5.74, 6) is 0.805. The van der Waals surface area contributed by atoms with Crippen molar-refractivity contribution in [3.05, 3.63) is 12.2 Å². The first-order valence-corrected chi connectivity index (χ1v) is 5.16. The number of hydrogen-bond donors (Lipinski definition) is 0. The molecule has 1 aliphatic heterocycles. The largest absolute Gasteiger partial charge is 0.300 e. The van der Waals surface area contributed by atoms with Gasteiger partial charge in [-0.3, -0.25) is 4.90 Å². The van der Waals surface area contributed by atoms with Crippen LogP contribution in [0.5, 0.6) is 0 Å².